The summed E-state index contributed by atoms with van der Waals surface area (Å²) in [5, 5.41) is 10.5. The van der Waals surface area contributed by atoms with Gasteiger partial charge in [0.15, 0.2) is 5.76 Å². The summed E-state index contributed by atoms with van der Waals surface area (Å²) in [6.45, 7) is 10.8. The molecule has 0 saturated heterocycles. The highest BCUT2D eigenvalue weighted by molar-refractivity contribution is 5.96. The third-order valence-corrected chi connectivity index (χ3v) is 3.42. The van der Waals surface area contributed by atoms with Crippen molar-refractivity contribution in [2.24, 2.45) is 0 Å². The number of carboxylic acid groups (broad SMARTS) is 1. The number of furan rings is 1. The van der Waals surface area contributed by atoms with Crippen LogP contribution in [-0.4, -0.2) is 43.9 Å². The summed E-state index contributed by atoms with van der Waals surface area (Å²) in [5.74, 6) is 0.743. The summed E-state index contributed by atoms with van der Waals surface area (Å²) in [7, 11) is 0. The lowest BCUT2D eigenvalue weighted by Crippen LogP contribution is -2.27. The second kappa shape index (κ2) is 12.9. The van der Waals surface area contributed by atoms with Crippen LogP contribution in [0.5, 0.6) is 5.75 Å². The first-order valence-electron chi connectivity index (χ1n) is 8.63. The number of carbonyl (C=O) groups is 2. The van der Waals surface area contributed by atoms with Crippen LogP contribution in [0.3, 0.4) is 0 Å². The average molecular weight is 387 g/mol. The molecule has 0 aliphatic heterocycles. The van der Waals surface area contributed by atoms with Crippen LogP contribution in [0.1, 0.15) is 17.5 Å². The van der Waals surface area contributed by atoms with E-state index in [-0.39, 0.29) is 18.1 Å². The van der Waals surface area contributed by atoms with E-state index in [0.29, 0.717) is 31.9 Å². The lowest BCUT2D eigenvalue weighted by Gasteiger charge is -2.05. The molecule has 0 saturated carbocycles. The van der Waals surface area contributed by atoms with E-state index in [1.54, 1.807) is 24.3 Å². The smallest absolute Gasteiger partial charge is 0.290 e. The van der Waals surface area contributed by atoms with Gasteiger partial charge < -0.3 is 24.3 Å². The van der Waals surface area contributed by atoms with Gasteiger partial charge in [-0.2, -0.15) is 0 Å². The molecule has 2 rings (SSSR count). The molecule has 2 N–H and O–H groups in total. The van der Waals surface area contributed by atoms with Gasteiger partial charge in [-0.3, -0.25) is 9.59 Å². The molecule has 1 heterocycles. The van der Waals surface area contributed by atoms with Crippen LogP contribution in [0.2, 0.25) is 0 Å². The Hall–Kier alpha value is -3.32. The average Bonchev–Trinajstić information content (AvgIpc) is 3.11. The Balaban J connectivity index is 0.00000122. The van der Waals surface area contributed by atoms with Gasteiger partial charge in [0, 0.05) is 11.9 Å². The zero-order valence-corrected chi connectivity index (χ0v) is 15.8. The maximum absolute atomic E-state index is 12.1. The number of amides is 1. The second-order valence-electron chi connectivity index (χ2n) is 5.34. The lowest BCUT2D eigenvalue weighted by atomic mass is 10.2. The zero-order valence-electron chi connectivity index (χ0n) is 15.8. The number of carbonyl (C=O) groups excluding carboxylic acids is 1. The van der Waals surface area contributed by atoms with Gasteiger partial charge in [-0.15, -0.1) is 0 Å². The van der Waals surface area contributed by atoms with Gasteiger partial charge >= 0.3 is 0 Å². The number of hydrogen-bond acceptors (Lipinski definition) is 5. The van der Waals surface area contributed by atoms with E-state index < -0.39 is 0 Å². The van der Waals surface area contributed by atoms with E-state index in [1.165, 1.54) is 0 Å². The molecule has 2 aromatic rings. The monoisotopic (exact) mass is 387 g/mol. The Labute approximate surface area is 163 Å². The molecule has 0 aliphatic carbocycles. The fourth-order valence-corrected chi connectivity index (χ4v) is 2.23. The molecule has 1 aromatic carbocycles. The molecular weight excluding hydrogens is 362 g/mol. The first-order chi connectivity index (χ1) is 13.6. The molecule has 0 spiro atoms. The number of hydrogen-bond donors (Lipinski definition) is 2. The van der Waals surface area contributed by atoms with Crippen molar-refractivity contribution in [3.8, 4) is 5.75 Å². The van der Waals surface area contributed by atoms with Crippen LogP contribution < -0.4 is 10.1 Å². The number of fused-ring (bicyclic) bond motifs is 1. The number of benzene rings is 1. The predicted molar refractivity (Wildman–Crippen MR) is 108 cm³/mol. The van der Waals surface area contributed by atoms with Crippen molar-refractivity contribution in [1.29, 1.82) is 0 Å². The highest BCUT2D eigenvalue weighted by atomic mass is 16.5. The van der Waals surface area contributed by atoms with Gasteiger partial charge in [0.25, 0.3) is 12.4 Å². The van der Waals surface area contributed by atoms with Gasteiger partial charge in [0.05, 0.1) is 19.8 Å². The van der Waals surface area contributed by atoms with Crippen LogP contribution >= 0.6 is 0 Å². The largest absolute Gasteiger partial charge is 0.494 e. The lowest BCUT2D eigenvalue weighted by molar-refractivity contribution is -0.122. The molecular formula is C21H25NO6. The van der Waals surface area contributed by atoms with Crippen LogP contribution in [0.4, 0.5) is 0 Å². The third kappa shape index (κ3) is 7.51. The SMILES string of the molecule is C=C/C=C(\C=C)COCCNC(=O)c1cc2cc(OCC)ccc2o1.O=CO. The zero-order chi connectivity index (χ0) is 20.8. The minimum Gasteiger partial charge on any atom is -0.494 e. The summed E-state index contributed by atoms with van der Waals surface area (Å²) in [5.41, 5.74) is 1.58. The molecule has 0 radical (unpaired) electrons. The number of rotatable bonds is 10. The molecule has 0 atom stereocenters. The standard InChI is InChI=1S/C20H23NO4.CH2O2/c1-4-7-15(5-2)14-23-11-10-21-20(22)19-13-16-12-17(24-6-3)8-9-18(16)25-19;2-1-3/h4-5,7-9,12-13H,1-2,6,10-11,14H2,3H3,(H,21,22);1H,(H,2,3)/b15-7+;. The van der Waals surface area contributed by atoms with Crippen molar-refractivity contribution in [2.75, 3.05) is 26.4 Å². The maximum Gasteiger partial charge on any atom is 0.290 e. The summed E-state index contributed by atoms with van der Waals surface area (Å²) < 4.78 is 16.5. The summed E-state index contributed by atoms with van der Waals surface area (Å²) in [6, 6.07) is 7.17. The van der Waals surface area contributed by atoms with E-state index >= 15 is 0 Å². The van der Waals surface area contributed by atoms with Crippen LogP contribution in [0, 0.1) is 0 Å². The van der Waals surface area contributed by atoms with Crippen molar-refractivity contribution in [1.82, 2.24) is 5.32 Å². The highest BCUT2D eigenvalue weighted by Gasteiger charge is 2.12. The molecule has 0 unspecified atom stereocenters. The van der Waals surface area contributed by atoms with Gasteiger partial charge in [0.2, 0.25) is 0 Å². The molecule has 7 heteroatoms. The maximum atomic E-state index is 12.1. The molecule has 28 heavy (non-hydrogen) atoms. The van der Waals surface area contributed by atoms with Gasteiger partial charge in [0.1, 0.15) is 11.3 Å². The Morgan fingerprint density at radius 3 is 2.71 bits per heavy atom. The fraction of sp³-hybridized carbons (Fsp3) is 0.238. The highest BCUT2D eigenvalue weighted by Crippen LogP contribution is 2.24. The quantitative estimate of drug-likeness (QED) is 0.367. The molecule has 0 fully saturated rings. The summed E-state index contributed by atoms with van der Waals surface area (Å²) in [6.07, 6.45) is 5.22. The van der Waals surface area contributed by atoms with Crippen molar-refractivity contribution in [2.45, 2.75) is 6.92 Å². The Morgan fingerprint density at radius 1 is 1.32 bits per heavy atom. The van der Waals surface area contributed by atoms with Crippen LogP contribution in [0.15, 0.2) is 65.6 Å². The molecule has 1 amide bonds. The van der Waals surface area contributed by atoms with Crippen LogP contribution in [0.25, 0.3) is 11.0 Å². The normalized spacial score (nSPS) is 10.5. The topological polar surface area (TPSA) is 98.0 Å². The summed E-state index contributed by atoms with van der Waals surface area (Å²) in [4.78, 5) is 20.5. The number of ether oxygens (including phenoxy) is 2. The minimum absolute atomic E-state index is 0.250. The number of allylic oxidation sites excluding steroid dienone is 2. The van der Waals surface area contributed by atoms with Crippen molar-refractivity contribution in [3.05, 3.63) is 67.0 Å². The first-order valence-corrected chi connectivity index (χ1v) is 8.63. The van der Waals surface area contributed by atoms with E-state index in [4.69, 9.17) is 23.8 Å². The van der Waals surface area contributed by atoms with Crippen molar-refractivity contribution in [3.63, 3.8) is 0 Å². The molecule has 0 aliphatic rings. The predicted octanol–water partition coefficient (Wildman–Crippen LogP) is 3.58. The molecule has 1 aromatic heterocycles. The molecule has 150 valence electrons. The number of nitrogens with one attached hydrogen (secondary N) is 1. The van der Waals surface area contributed by atoms with Gasteiger partial charge in [-0.1, -0.05) is 31.4 Å². The van der Waals surface area contributed by atoms with Gasteiger partial charge in [-0.25, -0.2) is 0 Å². The fourth-order valence-electron chi connectivity index (χ4n) is 2.23. The van der Waals surface area contributed by atoms with Gasteiger partial charge in [-0.05, 0) is 36.8 Å². The van der Waals surface area contributed by atoms with Crippen molar-refractivity contribution >= 4 is 23.3 Å². The van der Waals surface area contributed by atoms with E-state index in [9.17, 15) is 4.79 Å². The second-order valence-corrected chi connectivity index (χ2v) is 5.34. The van der Waals surface area contributed by atoms with E-state index in [1.807, 2.05) is 25.1 Å². The van der Waals surface area contributed by atoms with Crippen molar-refractivity contribution < 1.29 is 28.6 Å². The molecule has 7 nitrogen and oxygen atoms in total. The van der Waals surface area contributed by atoms with E-state index in [0.717, 1.165) is 16.7 Å². The Kier molecular flexibility index (Phi) is 10.5. The first kappa shape index (κ1) is 22.7. The third-order valence-electron chi connectivity index (χ3n) is 3.42. The summed E-state index contributed by atoms with van der Waals surface area (Å²) >= 11 is 0. The Bertz CT molecular complexity index is 821. The van der Waals surface area contributed by atoms with E-state index in [2.05, 4.69) is 18.5 Å². The molecule has 0 bridgehead atoms. The Morgan fingerprint density at radius 2 is 2.07 bits per heavy atom. The minimum atomic E-state index is -0.275. The van der Waals surface area contributed by atoms with Crippen LogP contribution in [-0.2, 0) is 9.53 Å².